The number of carbonyl (C=O) groups excluding carboxylic acids is 2. The Bertz CT molecular complexity index is 1690. The molecule has 0 aromatic carbocycles. The number of carbonyl (C=O) groups is 2. The van der Waals surface area contributed by atoms with Crippen LogP contribution in [0.25, 0.3) is 0 Å². The first-order chi connectivity index (χ1) is 34.0. The zero-order valence-electron chi connectivity index (χ0n) is 44.4. The molecule has 0 rings (SSSR count). The van der Waals surface area contributed by atoms with Crippen LogP contribution in [0, 0.1) is 0 Å². The average Bonchev–Trinajstić information content (AvgIpc) is 3.32. The Balaban J connectivity index is 4.36. The Labute approximate surface area is 427 Å². The van der Waals surface area contributed by atoms with E-state index in [4.69, 9.17) is 18.5 Å². The Morgan fingerprint density at radius 1 is 0.443 bits per heavy atom. The molecule has 0 radical (unpaired) electrons. The number of phosphoric ester groups is 1. The van der Waals surface area contributed by atoms with Gasteiger partial charge in [-0.1, -0.05) is 185 Å². The molecule has 70 heavy (non-hydrogen) atoms. The maximum atomic E-state index is 12.8. The van der Waals surface area contributed by atoms with Crippen molar-refractivity contribution in [1.29, 1.82) is 0 Å². The van der Waals surface area contributed by atoms with Gasteiger partial charge < -0.3 is 27.9 Å². The number of rotatable bonds is 46. The lowest BCUT2D eigenvalue weighted by Gasteiger charge is -2.28. The summed E-state index contributed by atoms with van der Waals surface area (Å²) >= 11 is 0. The summed E-state index contributed by atoms with van der Waals surface area (Å²) in [5.74, 6) is -0.907. The van der Waals surface area contributed by atoms with Crippen molar-refractivity contribution in [2.24, 2.45) is 0 Å². The van der Waals surface area contributed by atoms with Gasteiger partial charge in [0.25, 0.3) is 7.82 Å². The first-order valence-corrected chi connectivity index (χ1v) is 28.0. The number of ether oxygens (including phenoxy) is 2. The molecule has 0 N–H and O–H groups in total. The number of unbranched alkanes of at least 4 members (excludes halogenated alkanes) is 8. The first-order valence-electron chi connectivity index (χ1n) is 26.5. The standard InChI is InChI=1S/C60H96NO8P/c1-6-8-10-12-14-16-18-20-22-24-25-26-27-28-29-30-31-32-33-34-35-37-39-41-43-45-47-49-51-53-60(63)69-58(57-68-70(64,65)67-55-54-61(3,4)5)56-66-59(62)52-50-48-46-44-42-40-38-36-23-21-19-17-15-13-11-9-7-2/h8-11,14-17,20-23,25-26,28-29,31-32,34-35,38-41,58H,6-7,12-13,18-19,24,27,30,33,36-37,42-57H2,1-5H3/b10-8-,11-9-,16-14-,17-15-,22-20-,23-21-,26-25-,29-28-,32-31-,35-34-,40-38-,41-39-. The fourth-order valence-electron chi connectivity index (χ4n) is 6.31. The third-order valence-electron chi connectivity index (χ3n) is 10.4. The minimum Gasteiger partial charge on any atom is -0.756 e. The summed E-state index contributed by atoms with van der Waals surface area (Å²) in [6, 6.07) is 0. The fraction of sp³-hybridized carbons (Fsp3) is 0.567. The molecule has 0 aromatic rings. The predicted molar refractivity (Wildman–Crippen MR) is 295 cm³/mol. The lowest BCUT2D eigenvalue weighted by Crippen LogP contribution is -2.37. The van der Waals surface area contributed by atoms with Gasteiger partial charge in [0, 0.05) is 12.8 Å². The lowest BCUT2D eigenvalue weighted by atomic mass is 10.1. The summed E-state index contributed by atoms with van der Waals surface area (Å²) < 4.78 is 34.0. The van der Waals surface area contributed by atoms with E-state index in [1.165, 1.54) is 0 Å². The van der Waals surface area contributed by atoms with Crippen LogP contribution >= 0.6 is 7.82 Å². The van der Waals surface area contributed by atoms with Crippen LogP contribution in [0.15, 0.2) is 146 Å². The number of esters is 2. The molecule has 0 saturated carbocycles. The van der Waals surface area contributed by atoms with Crippen molar-refractivity contribution >= 4 is 19.8 Å². The third-order valence-corrected chi connectivity index (χ3v) is 11.3. The van der Waals surface area contributed by atoms with E-state index in [1.54, 1.807) is 0 Å². The molecule has 0 saturated heterocycles. The molecule has 0 amide bonds. The summed E-state index contributed by atoms with van der Waals surface area (Å²) in [7, 11) is 1.10. The van der Waals surface area contributed by atoms with Crippen LogP contribution in [0.5, 0.6) is 0 Å². The summed E-state index contributed by atoms with van der Waals surface area (Å²) in [5.41, 5.74) is 0. The fourth-order valence-corrected chi connectivity index (χ4v) is 7.04. The number of phosphoric acid groups is 1. The van der Waals surface area contributed by atoms with Gasteiger partial charge in [-0.2, -0.15) is 0 Å². The SMILES string of the molecule is CC/C=C\C/C=C\C/C=C\C/C=C\C/C=C\C/C=C\C/C=C\C/C=C\CCCCCCC(=O)OC(COC(=O)CCCCCC/C=C\C/C=C\C/C=C\C/C=C\CC)COP(=O)([O-])OCC[N+](C)(C)C. The predicted octanol–water partition coefficient (Wildman–Crippen LogP) is 15.7. The third kappa shape index (κ3) is 53.2. The van der Waals surface area contributed by atoms with Crippen LogP contribution in [0.1, 0.15) is 168 Å². The van der Waals surface area contributed by atoms with Gasteiger partial charge in [0.2, 0.25) is 0 Å². The number of nitrogens with zero attached hydrogens (tertiary/aromatic N) is 1. The van der Waals surface area contributed by atoms with Crippen molar-refractivity contribution in [3.8, 4) is 0 Å². The Kier molecular flexibility index (Phi) is 46.9. The minimum absolute atomic E-state index is 0.0499. The Morgan fingerprint density at radius 3 is 1.13 bits per heavy atom. The second-order valence-corrected chi connectivity index (χ2v) is 19.5. The van der Waals surface area contributed by atoms with E-state index in [1.807, 2.05) is 21.1 Å². The molecular formula is C60H96NO8P. The van der Waals surface area contributed by atoms with Gasteiger partial charge in [-0.05, 0) is 116 Å². The second kappa shape index (κ2) is 49.9. The van der Waals surface area contributed by atoms with E-state index in [9.17, 15) is 19.0 Å². The zero-order chi connectivity index (χ0) is 51.3. The van der Waals surface area contributed by atoms with Gasteiger partial charge in [0.05, 0.1) is 27.7 Å². The molecule has 0 aliphatic rings. The van der Waals surface area contributed by atoms with Crippen molar-refractivity contribution in [2.45, 2.75) is 174 Å². The quantitative estimate of drug-likeness (QED) is 0.0195. The van der Waals surface area contributed by atoms with Gasteiger partial charge in [0.15, 0.2) is 6.10 Å². The molecule has 0 heterocycles. The van der Waals surface area contributed by atoms with Crippen molar-refractivity contribution in [3.63, 3.8) is 0 Å². The Hall–Kier alpha value is -4.11. The topological polar surface area (TPSA) is 111 Å². The van der Waals surface area contributed by atoms with Crippen molar-refractivity contribution in [1.82, 2.24) is 0 Å². The highest BCUT2D eigenvalue weighted by Gasteiger charge is 2.21. The normalized spacial score (nSPS) is 14.5. The molecular weight excluding hydrogens is 894 g/mol. The number of hydrogen-bond donors (Lipinski definition) is 0. The van der Waals surface area contributed by atoms with Gasteiger partial charge in [0.1, 0.15) is 19.8 Å². The average molecular weight is 990 g/mol. The molecule has 2 unspecified atom stereocenters. The molecule has 394 valence electrons. The highest BCUT2D eigenvalue weighted by Crippen LogP contribution is 2.38. The molecule has 0 aliphatic carbocycles. The van der Waals surface area contributed by atoms with E-state index in [0.29, 0.717) is 23.9 Å². The smallest absolute Gasteiger partial charge is 0.306 e. The van der Waals surface area contributed by atoms with Crippen LogP contribution in [0.3, 0.4) is 0 Å². The highest BCUT2D eigenvalue weighted by atomic mass is 31.2. The molecule has 2 atom stereocenters. The van der Waals surface area contributed by atoms with Crippen molar-refractivity contribution in [2.75, 3.05) is 47.5 Å². The minimum atomic E-state index is -4.66. The molecule has 0 spiro atoms. The Morgan fingerprint density at radius 2 is 0.771 bits per heavy atom. The first kappa shape index (κ1) is 65.9. The molecule has 10 heteroatoms. The van der Waals surface area contributed by atoms with Crippen LogP contribution in [0.2, 0.25) is 0 Å². The maximum Gasteiger partial charge on any atom is 0.306 e. The number of hydrogen-bond acceptors (Lipinski definition) is 8. The summed E-state index contributed by atoms with van der Waals surface area (Å²) in [4.78, 5) is 37.8. The summed E-state index contributed by atoms with van der Waals surface area (Å²) in [6.45, 7) is 3.91. The van der Waals surface area contributed by atoms with Gasteiger partial charge in [-0.3, -0.25) is 14.2 Å². The van der Waals surface area contributed by atoms with Gasteiger partial charge in [-0.15, -0.1) is 0 Å². The van der Waals surface area contributed by atoms with Crippen LogP contribution in [-0.4, -0.2) is 70.0 Å². The largest absolute Gasteiger partial charge is 0.756 e. The monoisotopic (exact) mass is 990 g/mol. The summed E-state index contributed by atoms with van der Waals surface area (Å²) in [6.07, 6.45) is 73.1. The zero-order valence-corrected chi connectivity index (χ0v) is 45.3. The molecule has 9 nitrogen and oxygen atoms in total. The molecule has 0 fully saturated rings. The molecule has 0 aliphatic heterocycles. The number of allylic oxidation sites excluding steroid dienone is 24. The highest BCUT2D eigenvalue weighted by molar-refractivity contribution is 7.45. The number of quaternary nitrogens is 1. The van der Waals surface area contributed by atoms with Crippen LogP contribution in [-0.2, 0) is 32.7 Å². The van der Waals surface area contributed by atoms with Crippen LogP contribution < -0.4 is 4.89 Å². The van der Waals surface area contributed by atoms with Gasteiger partial charge >= 0.3 is 11.9 Å². The number of likely N-dealkylation sites (N-methyl/N-ethyl adjacent to an activating group) is 1. The van der Waals surface area contributed by atoms with E-state index < -0.39 is 32.5 Å². The van der Waals surface area contributed by atoms with Crippen LogP contribution in [0.4, 0.5) is 0 Å². The summed E-state index contributed by atoms with van der Waals surface area (Å²) in [5, 5.41) is 0. The maximum absolute atomic E-state index is 12.8. The second-order valence-electron chi connectivity index (χ2n) is 18.1. The van der Waals surface area contributed by atoms with E-state index in [0.717, 1.165) is 128 Å². The van der Waals surface area contributed by atoms with E-state index in [2.05, 4.69) is 160 Å². The van der Waals surface area contributed by atoms with E-state index >= 15 is 0 Å². The van der Waals surface area contributed by atoms with Crippen molar-refractivity contribution in [3.05, 3.63) is 146 Å². The van der Waals surface area contributed by atoms with Gasteiger partial charge in [-0.25, -0.2) is 0 Å². The lowest BCUT2D eigenvalue weighted by molar-refractivity contribution is -0.870. The van der Waals surface area contributed by atoms with Crippen molar-refractivity contribution < 1.29 is 42.1 Å². The molecule has 0 bridgehead atoms. The molecule has 0 aromatic heterocycles. The van der Waals surface area contributed by atoms with E-state index in [-0.39, 0.29) is 26.1 Å².